The smallest absolute Gasteiger partial charge is 0.0574 e. The van der Waals surface area contributed by atoms with Crippen LogP contribution in [0.25, 0.3) is 0 Å². The van der Waals surface area contributed by atoms with E-state index < -0.39 is 0 Å². The van der Waals surface area contributed by atoms with Crippen molar-refractivity contribution in [1.82, 2.24) is 0 Å². The molecule has 0 saturated carbocycles. The molecule has 0 unspecified atom stereocenters. The first-order chi connectivity index (χ1) is 5.59. The Hall–Kier alpha value is -1.18. The molecule has 2 aliphatic heterocycles. The summed E-state index contributed by atoms with van der Waals surface area (Å²) in [4.78, 5) is 0. The van der Waals surface area contributed by atoms with Crippen molar-refractivity contribution in [1.29, 1.82) is 0 Å². The van der Waals surface area contributed by atoms with Gasteiger partial charge in [-0.2, -0.15) is 0 Å². The van der Waals surface area contributed by atoms with Gasteiger partial charge in [-0.05, 0) is 17.7 Å². The minimum Gasteiger partial charge on any atom is -0.397 e. The molecule has 0 radical (unpaired) electrons. The van der Waals surface area contributed by atoms with Gasteiger partial charge in [0.05, 0.1) is 11.4 Å². The summed E-state index contributed by atoms with van der Waals surface area (Å²) in [6, 6.07) is 6.26. The lowest BCUT2D eigenvalue weighted by molar-refractivity contribution is 0.562. The maximum Gasteiger partial charge on any atom is 0.0574 e. The molecule has 0 aliphatic carbocycles. The summed E-state index contributed by atoms with van der Waals surface area (Å²) in [5.74, 6) is 0. The second-order valence-electron chi connectivity index (χ2n) is 4.04. The van der Waals surface area contributed by atoms with E-state index in [4.69, 9.17) is 5.73 Å². The number of rotatable bonds is 0. The highest BCUT2D eigenvalue weighted by molar-refractivity contribution is 5.69. The van der Waals surface area contributed by atoms with Gasteiger partial charge in [0, 0.05) is 12.0 Å². The molecule has 0 amide bonds. The lowest BCUT2D eigenvalue weighted by atomic mass is 9.86. The van der Waals surface area contributed by atoms with Gasteiger partial charge in [0.2, 0.25) is 0 Å². The molecule has 0 atom stereocenters. The van der Waals surface area contributed by atoms with Crippen LogP contribution in [0, 0.1) is 0 Å². The van der Waals surface area contributed by atoms with Crippen LogP contribution in [0.2, 0.25) is 0 Å². The molecule has 3 N–H and O–H groups in total. The average Bonchev–Trinajstić information content (AvgIpc) is 2.19. The van der Waals surface area contributed by atoms with Gasteiger partial charge in [0.25, 0.3) is 0 Å². The zero-order valence-corrected chi connectivity index (χ0v) is 7.52. The number of hydrogen-bond acceptors (Lipinski definition) is 2. The van der Waals surface area contributed by atoms with Gasteiger partial charge in [-0.15, -0.1) is 0 Å². The first-order valence-electron chi connectivity index (χ1n) is 4.23. The Labute approximate surface area is 72.8 Å². The Morgan fingerprint density at radius 2 is 2.17 bits per heavy atom. The van der Waals surface area contributed by atoms with E-state index in [0.717, 1.165) is 17.9 Å². The Kier molecular flexibility index (Phi) is 1.34. The fourth-order valence-electron chi connectivity index (χ4n) is 1.56. The summed E-state index contributed by atoms with van der Waals surface area (Å²) in [6.07, 6.45) is 0. The third kappa shape index (κ3) is 0.951. The zero-order chi connectivity index (χ0) is 8.77. The Balaban J connectivity index is 2.59. The van der Waals surface area contributed by atoms with Crippen LogP contribution in [0.5, 0.6) is 0 Å². The molecular formula is C10H14N2. The Bertz CT molecular complexity index is 316. The standard InChI is InChI=1S/C10H14N2/c1-10(2)6-12-9-4-3-7(10)5-8(9)11/h3-5,12H,6,11H2,1-2H3. The average molecular weight is 162 g/mol. The van der Waals surface area contributed by atoms with E-state index in [1.54, 1.807) is 0 Å². The number of nitrogen functional groups attached to an aromatic ring is 1. The van der Waals surface area contributed by atoms with E-state index in [9.17, 15) is 0 Å². The number of anilines is 2. The van der Waals surface area contributed by atoms with Crippen molar-refractivity contribution in [3.63, 3.8) is 0 Å². The van der Waals surface area contributed by atoms with Gasteiger partial charge >= 0.3 is 0 Å². The van der Waals surface area contributed by atoms with Gasteiger partial charge in [-0.1, -0.05) is 19.9 Å². The predicted octanol–water partition coefficient (Wildman–Crippen LogP) is 1.97. The maximum atomic E-state index is 5.83. The SMILES string of the molecule is CC1(C)CNc2ccc1cc2N. The van der Waals surface area contributed by atoms with Crippen LogP contribution in [0.3, 0.4) is 0 Å². The summed E-state index contributed by atoms with van der Waals surface area (Å²) < 4.78 is 0. The van der Waals surface area contributed by atoms with E-state index in [1.165, 1.54) is 5.56 Å². The van der Waals surface area contributed by atoms with E-state index in [0.29, 0.717) is 0 Å². The molecule has 0 aromatic heterocycles. The maximum absolute atomic E-state index is 5.83. The molecule has 2 heterocycles. The number of nitrogens with one attached hydrogen (secondary N) is 1. The molecule has 2 heteroatoms. The monoisotopic (exact) mass is 162 g/mol. The summed E-state index contributed by atoms with van der Waals surface area (Å²) in [6.45, 7) is 5.40. The molecule has 2 bridgehead atoms. The summed E-state index contributed by atoms with van der Waals surface area (Å²) in [5.41, 5.74) is 9.26. The highest BCUT2D eigenvalue weighted by Crippen LogP contribution is 2.32. The van der Waals surface area contributed by atoms with Crippen molar-refractivity contribution >= 4 is 11.4 Å². The molecule has 1 aromatic carbocycles. The highest BCUT2D eigenvalue weighted by Gasteiger charge is 2.24. The summed E-state index contributed by atoms with van der Waals surface area (Å²) in [7, 11) is 0. The quantitative estimate of drug-likeness (QED) is 0.572. The minimum atomic E-state index is 0.194. The van der Waals surface area contributed by atoms with Gasteiger partial charge in [0.1, 0.15) is 0 Å². The molecule has 2 aliphatic rings. The number of fused-ring (bicyclic) bond motifs is 4. The van der Waals surface area contributed by atoms with Crippen LogP contribution in [0.4, 0.5) is 11.4 Å². The van der Waals surface area contributed by atoms with Crippen molar-refractivity contribution < 1.29 is 0 Å². The topological polar surface area (TPSA) is 38.0 Å². The molecule has 12 heavy (non-hydrogen) atoms. The normalized spacial score (nSPS) is 18.5. The van der Waals surface area contributed by atoms with Crippen LogP contribution in [0.15, 0.2) is 18.2 Å². The van der Waals surface area contributed by atoms with Crippen LogP contribution in [-0.2, 0) is 5.41 Å². The molecule has 1 aromatic rings. The Morgan fingerprint density at radius 1 is 1.42 bits per heavy atom. The van der Waals surface area contributed by atoms with Gasteiger partial charge in [-0.3, -0.25) is 0 Å². The van der Waals surface area contributed by atoms with Gasteiger partial charge in [0.15, 0.2) is 0 Å². The fourth-order valence-corrected chi connectivity index (χ4v) is 1.56. The van der Waals surface area contributed by atoms with E-state index in [1.807, 2.05) is 0 Å². The second-order valence-corrected chi connectivity index (χ2v) is 4.04. The Morgan fingerprint density at radius 3 is 2.83 bits per heavy atom. The second kappa shape index (κ2) is 2.16. The van der Waals surface area contributed by atoms with Crippen LogP contribution in [-0.4, -0.2) is 6.54 Å². The summed E-state index contributed by atoms with van der Waals surface area (Å²) >= 11 is 0. The molecule has 0 spiro atoms. The number of benzene rings is 1. The molecule has 0 saturated heterocycles. The molecular weight excluding hydrogens is 148 g/mol. The van der Waals surface area contributed by atoms with Crippen molar-refractivity contribution in [2.75, 3.05) is 17.6 Å². The minimum absolute atomic E-state index is 0.194. The van der Waals surface area contributed by atoms with Crippen molar-refractivity contribution in [2.45, 2.75) is 19.3 Å². The zero-order valence-electron chi connectivity index (χ0n) is 7.52. The molecule has 2 nitrogen and oxygen atoms in total. The molecule has 3 rings (SSSR count). The fraction of sp³-hybridized carbons (Fsp3) is 0.400. The van der Waals surface area contributed by atoms with Crippen molar-refractivity contribution in [3.05, 3.63) is 23.8 Å². The third-order valence-electron chi connectivity index (χ3n) is 2.55. The lowest BCUT2D eigenvalue weighted by Gasteiger charge is -2.22. The summed E-state index contributed by atoms with van der Waals surface area (Å²) in [5, 5.41) is 3.33. The van der Waals surface area contributed by atoms with Gasteiger partial charge in [-0.25, -0.2) is 0 Å². The van der Waals surface area contributed by atoms with E-state index >= 15 is 0 Å². The number of hydrogen-bond donors (Lipinski definition) is 2. The van der Waals surface area contributed by atoms with Gasteiger partial charge < -0.3 is 11.1 Å². The largest absolute Gasteiger partial charge is 0.397 e. The predicted molar refractivity (Wildman–Crippen MR) is 52.4 cm³/mol. The van der Waals surface area contributed by atoms with Crippen LogP contribution in [0.1, 0.15) is 19.4 Å². The van der Waals surface area contributed by atoms with Crippen LogP contribution >= 0.6 is 0 Å². The van der Waals surface area contributed by atoms with E-state index in [2.05, 4.69) is 37.4 Å². The first kappa shape index (κ1) is 7.47. The number of nitrogens with two attached hydrogens (primary N) is 1. The third-order valence-corrected chi connectivity index (χ3v) is 2.55. The lowest BCUT2D eigenvalue weighted by Crippen LogP contribution is -2.25. The first-order valence-corrected chi connectivity index (χ1v) is 4.23. The van der Waals surface area contributed by atoms with Crippen LogP contribution < -0.4 is 11.1 Å². The highest BCUT2D eigenvalue weighted by atomic mass is 14.9. The van der Waals surface area contributed by atoms with Crippen molar-refractivity contribution in [3.8, 4) is 0 Å². The van der Waals surface area contributed by atoms with E-state index in [-0.39, 0.29) is 5.41 Å². The molecule has 0 fully saturated rings. The molecule has 64 valence electrons. The van der Waals surface area contributed by atoms with Crippen molar-refractivity contribution in [2.24, 2.45) is 0 Å².